The standard InChI is InChI=1S/C27H29NO10/c1-10-22(28)14(30)7-17(37-10)38-16-9-27(35,11(2)29)8-13-19(16)26(34)21-20(24(13)32)23(31)12-5-4-6-15(36-3)18(12)25(21)33/h4-6,10,14,16-17,22,30,32,34-35H,7-9,28H2,1-3H3/t10-,14-,16-,17-,22+,27-/m0/s1. The van der Waals surface area contributed by atoms with Crippen LogP contribution in [0, 0.1) is 0 Å². The van der Waals surface area contributed by atoms with Crippen molar-refractivity contribution in [3.63, 3.8) is 0 Å². The third-order valence-corrected chi connectivity index (χ3v) is 7.83. The lowest BCUT2D eigenvalue weighted by Crippen LogP contribution is -2.53. The average molecular weight is 528 g/mol. The Kier molecular flexibility index (Phi) is 6.32. The number of aromatic hydroxyl groups is 2. The molecule has 3 aliphatic rings. The molecule has 6 N–H and O–H groups in total. The van der Waals surface area contributed by atoms with E-state index in [-0.39, 0.29) is 40.8 Å². The molecular weight excluding hydrogens is 498 g/mol. The van der Waals surface area contributed by atoms with Crippen LogP contribution in [0.5, 0.6) is 17.2 Å². The number of fused-ring (bicyclic) bond motifs is 3. The molecule has 0 amide bonds. The highest BCUT2D eigenvalue weighted by Crippen LogP contribution is 2.52. The van der Waals surface area contributed by atoms with Gasteiger partial charge < -0.3 is 40.4 Å². The quantitative estimate of drug-likeness (QED) is 0.305. The van der Waals surface area contributed by atoms with Crippen molar-refractivity contribution >= 4 is 17.3 Å². The second-order valence-corrected chi connectivity index (χ2v) is 10.1. The molecule has 202 valence electrons. The minimum absolute atomic E-state index is 0.0168. The lowest BCUT2D eigenvalue weighted by atomic mass is 9.72. The molecular formula is C27H29NO10. The van der Waals surface area contributed by atoms with E-state index in [1.54, 1.807) is 6.92 Å². The smallest absolute Gasteiger partial charge is 0.202 e. The molecule has 0 aromatic heterocycles. The van der Waals surface area contributed by atoms with Crippen molar-refractivity contribution in [1.29, 1.82) is 0 Å². The summed E-state index contributed by atoms with van der Waals surface area (Å²) in [7, 11) is 1.34. The topological polar surface area (TPSA) is 186 Å². The summed E-state index contributed by atoms with van der Waals surface area (Å²) in [6.45, 7) is 2.83. The van der Waals surface area contributed by atoms with Gasteiger partial charge in [-0.2, -0.15) is 0 Å². The van der Waals surface area contributed by atoms with Gasteiger partial charge in [-0.3, -0.25) is 14.4 Å². The first-order chi connectivity index (χ1) is 17.9. The largest absolute Gasteiger partial charge is 0.507 e. The van der Waals surface area contributed by atoms with E-state index in [1.807, 2.05) is 0 Å². The van der Waals surface area contributed by atoms with Crippen LogP contribution in [0.3, 0.4) is 0 Å². The number of Topliss-reactive ketones (excluding diaryl/α,β-unsaturated/α-hetero) is 1. The Labute approximate surface area is 217 Å². The Hall–Kier alpha value is -3.35. The van der Waals surface area contributed by atoms with E-state index in [2.05, 4.69) is 0 Å². The van der Waals surface area contributed by atoms with Crippen molar-refractivity contribution in [2.24, 2.45) is 5.73 Å². The molecule has 0 radical (unpaired) electrons. The number of phenolic OH excluding ortho intramolecular Hbond substituents is 2. The van der Waals surface area contributed by atoms with Crippen LogP contribution >= 0.6 is 0 Å². The summed E-state index contributed by atoms with van der Waals surface area (Å²) in [5.74, 6) is -3.20. The molecule has 0 spiro atoms. The molecule has 1 heterocycles. The second-order valence-electron chi connectivity index (χ2n) is 10.1. The maximum atomic E-state index is 13.6. The lowest BCUT2D eigenvalue weighted by Gasteiger charge is -2.42. The fraction of sp³-hybridized carbons (Fsp3) is 0.444. The van der Waals surface area contributed by atoms with E-state index < -0.39 is 82.6 Å². The van der Waals surface area contributed by atoms with E-state index in [1.165, 1.54) is 32.2 Å². The van der Waals surface area contributed by atoms with Gasteiger partial charge in [-0.25, -0.2) is 0 Å². The molecule has 0 bridgehead atoms. The van der Waals surface area contributed by atoms with Crippen molar-refractivity contribution in [3.8, 4) is 17.2 Å². The third-order valence-electron chi connectivity index (χ3n) is 7.83. The Morgan fingerprint density at radius 3 is 2.45 bits per heavy atom. The number of aliphatic hydroxyl groups is 2. The first-order valence-electron chi connectivity index (χ1n) is 12.2. The molecule has 6 atom stereocenters. The van der Waals surface area contributed by atoms with Gasteiger partial charge in [0.2, 0.25) is 5.78 Å². The van der Waals surface area contributed by atoms with E-state index in [0.717, 1.165) is 0 Å². The van der Waals surface area contributed by atoms with E-state index in [4.69, 9.17) is 19.9 Å². The molecule has 11 heteroatoms. The first-order valence-corrected chi connectivity index (χ1v) is 12.2. The average Bonchev–Trinajstić information content (AvgIpc) is 2.87. The van der Waals surface area contributed by atoms with Crippen LogP contribution in [-0.4, -0.2) is 75.0 Å². The molecule has 1 fully saturated rings. The normalized spacial score (nSPS) is 30.3. The number of benzene rings is 2. The van der Waals surface area contributed by atoms with Crippen LogP contribution in [-0.2, 0) is 20.7 Å². The van der Waals surface area contributed by atoms with Crippen molar-refractivity contribution in [2.75, 3.05) is 7.11 Å². The first kappa shape index (κ1) is 26.3. The number of ketones is 3. The van der Waals surface area contributed by atoms with Crippen LogP contribution in [0.4, 0.5) is 0 Å². The molecule has 1 saturated heterocycles. The van der Waals surface area contributed by atoms with Crippen molar-refractivity contribution in [2.45, 2.75) is 69.4 Å². The molecule has 0 saturated carbocycles. The summed E-state index contributed by atoms with van der Waals surface area (Å²) < 4.78 is 17.1. The number of ether oxygens (including phenoxy) is 3. The third kappa shape index (κ3) is 3.81. The number of hydrogen-bond acceptors (Lipinski definition) is 11. The number of phenols is 2. The Morgan fingerprint density at radius 2 is 1.82 bits per heavy atom. The number of carbonyl (C=O) groups is 3. The molecule has 1 aliphatic heterocycles. The Bertz CT molecular complexity index is 1360. The summed E-state index contributed by atoms with van der Waals surface area (Å²) >= 11 is 0. The van der Waals surface area contributed by atoms with Crippen LogP contribution in [0.15, 0.2) is 18.2 Å². The van der Waals surface area contributed by atoms with Gasteiger partial charge in [0.25, 0.3) is 0 Å². The van der Waals surface area contributed by atoms with Crippen LogP contribution in [0.2, 0.25) is 0 Å². The van der Waals surface area contributed by atoms with Gasteiger partial charge in [-0.15, -0.1) is 0 Å². The van der Waals surface area contributed by atoms with E-state index in [9.17, 15) is 34.8 Å². The molecule has 11 nitrogen and oxygen atoms in total. The predicted molar refractivity (Wildman–Crippen MR) is 130 cm³/mol. The summed E-state index contributed by atoms with van der Waals surface area (Å²) in [4.78, 5) is 39.6. The van der Waals surface area contributed by atoms with Gasteiger partial charge in [0.05, 0.1) is 48.2 Å². The van der Waals surface area contributed by atoms with E-state index in [0.29, 0.717) is 0 Å². The predicted octanol–water partition coefficient (Wildman–Crippen LogP) is 1.03. The lowest BCUT2D eigenvalue weighted by molar-refractivity contribution is -0.243. The molecule has 38 heavy (non-hydrogen) atoms. The highest BCUT2D eigenvalue weighted by Gasteiger charge is 2.49. The van der Waals surface area contributed by atoms with Crippen LogP contribution in [0.25, 0.3) is 0 Å². The zero-order chi connectivity index (χ0) is 27.7. The number of rotatable bonds is 4. The van der Waals surface area contributed by atoms with Gasteiger partial charge in [0, 0.05) is 36.0 Å². The zero-order valence-corrected chi connectivity index (χ0v) is 21.1. The van der Waals surface area contributed by atoms with E-state index >= 15 is 0 Å². The van der Waals surface area contributed by atoms with Gasteiger partial charge in [0.15, 0.2) is 17.9 Å². The van der Waals surface area contributed by atoms with Gasteiger partial charge in [-0.1, -0.05) is 12.1 Å². The number of nitrogens with two attached hydrogens (primary N) is 1. The molecule has 5 rings (SSSR count). The summed E-state index contributed by atoms with van der Waals surface area (Å²) in [6.07, 6.45) is -4.63. The number of carbonyl (C=O) groups excluding carboxylic acids is 3. The minimum Gasteiger partial charge on any atom is -0.507 e. The van der Waals surface area contributed by atoms with Crippen LogP contribution in [0.1, 0.15) is 75.8 Å². The molecule has 0 unspecified atom stereocenters. The highest BCUT2D eigenvalue weighted by atomic mass is 16.7. The van der Waals surface area contributed by atoms with Crippen LogP contribution < -0.4 is 10.5 Å². The SMILES string of the molecule is COc1cccc2c1C(=O)c1c(O)c3c(c(O)c1C2=O)C[C@@](O)(C(C)=O)C[C@@H]3O[C@H]1C[C@H](O)[C@H](N)[C@H](C)O1. The maximum Gasteiger partial charge on any atom is 0.202 e. The van der Waals surface area contributed by atoms with Crippen molar-refractivity contribution in [3.05, 3.63) is 51.6 Å². The van der Waals surface area contributed by atoms with Gasteiger partial charge >= 0.3 is 0 Å². The molecule has 2 aromatic rings. The zero-order valence-electron chi connectivity index (χ0n) is 21.1. The fourth-order valence-electron chi connectivity index (χ4n) is 5.63. The van der Waals surface area contributed by atoms with Crippen molar-refractivity contribution in [1.82, 2.24) is 0 Å². The minimum atomic E-state index is -2.01. The highest BCUT2D eigenvalue weighted by molar-refractivity contribution is 6.31. The van der Waals surface area contributed by atoms with Gasteiger partial charge in [-0.05, 0) is 19.9 Å². The monoisotopic (exact) mass is 527 g/mol. The summed E-state index contributed by atoms with van der Waals surface area (Å²) in [6, 6.07) is 3.77. The fourth-order valence-corrected chi connectivity index (χ4v) is 5.63. The number of hydrogen-bond donors (Lipinski definition) is 5. The summed E-state index contributed by atoms with van der Waals surface area (Å²) in [5, 5.41) is 44.3. The Balaban J connectivity index is 1.68. The summed E-state index contributed by atoms with van der Waals surface area (Å²) in [5.41, 5.74) is 2.84. The number of methoxy groups -OCH3 is 1. The Morgan fingerprint density at radius 1 is 1.13 bits per heavy atom. The maximum absolute atomic E-state index is 13.6. The number of aliphatic hydroxyl groups excluding tert-OH is 1. The van der Waals surface area contributed by atoms with Gasteiger partial charge in [0.1, 0.15) is 22.8 Å². The molecule has 2 aromatic carbocycles. The second kappa shape index (κ2) is 9.14. The van der Waals surface area contributed by atoms with Crippen molar-refractivity contribution < 1.29 is 49.0 Å². The molecule has 2 aliphatic carbocycles.